The summed E-state index contributed by atoms with van der Waals surface area (Å²) in [4.78, 5) is 0. The summed E-state index contributed by atoms with van der Waals surface area (Å²) in [6.07, 6.45) is 0. The van der Waals surface area contributed by atoms with E-state index in [1.807, 2.05) is 19.6 Å². The van der Waals surface area contributed by atoms with Crippen molar-refractivity contribution in [2.45, 2.75) is 65.5 Å². The standard InChI is InChI=1S/C11H36O6Si6/c1-12-18(2)13-19(3)14-20(4)15-22(8,9)17-23(10,11)16-21(5,6)7/h18-20H,1-11H3. The van der Waals surface area contributed by atoms with Crippen LogP contribution in [0.3, 0.4) is 0 Å². The lowest BCUT2D eigenvalue weighted by atomic mass is 11.8. The first-order valence-electron chi connectivity index (χ1n) is 8.08. The molecule has 0 aliphatic rings. The summed E-state index contributed by atoms with van der Waals surface area (Å²) in [5.74, 6) is 0. The zero-order chi connectivity index (χ0) is 18.5. The van der Waals surface area contributed by atoms with Gasteiger partial charge < -0.3 is 25.0 Å². The molecule has 0 N–H and O–H groups in total. The molecule has 3 atom stereocenters. The van der Waals surface area contributed by atoms with Gasteiger partial charge in [0.25, 0.3) is 18.6 Å². The molecule has 0 fully saturated rings. The van der Waals surface area contributed by atoms with Gasteiger partial charge in [-0.15, -0.1) is 0 Å². The van der Waals surface area contributed by atoms with Crippen LogP contribution in [0.4, 0.5) is 0 Å². The average Bonchev–Trinajstić information content (AvgIpc) is 2.21. The fourth-order valence-corrected chi connectivity index (χ4v) is 23.7. The summed E-state index contributed by atoms with van der Waals surface area (Å²) < 4.78 is 35.8. The molecule has 0 aliphatic heterocycles. The van der Waals surface area contributed by atoms with E-state index in [0.29, 0.717) is 0 Å². The van der Waals surface area contributed by atoms with Gasteiger partial charge in [-0.1, -0.05) is 0 Å². The van der Waals surface area contributed by atoms with Gasteiger partial charge in [0.1, 0.15) is 0 Å². The van der Waals surface area contributed by atoms with E-state index in [1.54, 1.807) is 7.11 Å². The maximum absolute atomic E-state index is 6.34. The lowest BCUT2D eigenvalue weighted by Gasteiger charge is -2.38. The van der Waals surface area contributed by atoms with E-state index in [4.69, 9.17) is 25.0 Å². The molecule has 0 rings (SSSR count). The first kappa shape index (κ1) is 24.1. The predicted octanol–water partition coefficient (Wildman–Crippen LogP) is 2.51. The molecule has 0 saturated carbocycles. The van der Waals surface area contributed by atoms with E-state index in [-0.39, 0.29) is 0 Å². The Bertz CT molecular complexity index is 350. The fourth-order valence-electron chi connectivity index (χ4n) is 2.43. The van der Waals surface area contributed by atoms with Gasteiger partial charge in [0.15, 0.2) is 8.32 Å². The quantitative estimate of drug-likeness (QED) is 0.468. The highest BCUT2D eigenvalue weighted by atomic mass is 28.5. The molecule has 0 heterocycles. The molecule has 6 nitrogen and oxygen atoms in total. The second-order valence-corrected chi connectivity index (χ2v) is 25.9. The number of rotatable bonds is 11. The maximum atomic E-state index is 6.34. The van der Waals surface area contributed by atoms with Crippen molar-refractivity contribution in [2.24, 2.45) is 0 Å². The summed E-state index contributed by atoms with van der Waals surface area (Å²) in [5, 5.41) is 0. The predicted molar refractivity (Wildman–Crippen MR) is 110 cm³/mol. The van der Waals surface area contributed by atoms with Gasteiger partial charge in [0.2, 0.25) is 0 Å². The Kier molecular flexibility index (Phi) is 10.1. The van der Waals surface area contributed by atoms with E-state index >= 15 is 0 Å². The van der Waals surface area contributed by atoms with Gasteiger partial charge in [-0.25, -0.2) is 0 Å². The molecule has 0 bridgehead atoms. The third-order valence-electron chi connectivity index (χ3n) is 2.59. The van der Waals surface area contributed by atoms with Gasteiger partial charge in [0, 0.05) is 7.11 Å². The molecule has 0 aromatic rings. The Labute approximate surface area is 151 Å². The monoisotopic (exact) mass is 432 g/mol. The third kappa shape index (κ3) is 13.0. The minimum atomic E-state index is -2.27. The van der Waals surface area contributed by atoms with Crippen molar-refractivity contribution in [3.63, 3.8) is 0 Å². The molecule has 23 heavy (non-hydrogen) atoms. The van der Waals surface area contributed by atoms with Crippen LogP contribution in [-0.4, -0.2) is 60.4 Å². The largest absolute Gasteiger partial charge is 0.437 e. The number of hydrogen-bond donors (Lipinski definition) is 0. The molecule has 0 aliphatic carbocycles. The van der Waals surface area contributed by atoms with Gasteiger partial charge in [-0.05, 0) is 65.5 Å². The summed E-state index contributed by atoms with van der Waals surface area (Å²) in [5.41, 5.74) is 0. The maximum Gasteiger partial charge on any atom is 0.313 e. The fraction of sp³-hybridized carbons (Fsp3) is 1.00. The Morgan fingerprint density at radius 2 is 1.09 bits per heavy atom. The second-order valence-electron chi connectivity index (χ2n) is 7.44. The van der Waals surface area contributed by atoms with Crippen molar-refractivity contribution >= 4 is 53.3 Å². The van der Waals surface area contributed by atoms with Gasteiger partial charge >= 0.3 is 26.4 Å². The van der Waals surface area contributed by atoms with Crippen LogP contribution in [0.1, 0.15) is 0 Å². The smallest absolute Gasteiger partial charge is 0.313 e. The van der Waals surface area contributed by atoms with Crippen molar-refractivity contribution in [1.29, 1.82) is 0 Å². The lowest BCUT2D eigenvalue weighted by Crippen LogP contribution is -2.54. The molecule has 140 valence electrons. The molecule has 0 amide bonds. The van der Waals surface area contributed by atoms with Gasteiger partial charge in [-0.3, -0.25) is 0 Å². The van der Waals surface area contributed by atoms with Crippen molar-refractivity contribution in [3.05, 3.63) is 0 Å². The molecular formula is C11H36O6Si6. The second kappa shape index (κ2) is 9.67. The molecule has 0 aromatic heterocycles. The highest BCUT2D eigenvalue weighted by Gasteiger charge is 2.40. The van der Waals surface area contributed by atoms with E-state index < -0.39 is 53.3 Å². The SMILES string of the molecule is CO[SiH](C)O[SiH](C)O[SiH](C)O[Si](C)(C)O[Si](C)(C)O[Si](C)(C)C. The Balaban J connectivity index is 4.49. The molecule has 3 unspecified atom stereocenters. The highest BCUT2D eigenvalue weighted by molar-refractivity contribution is 6.87. The van der Waals surface area contributed by atoms with Crippen LogP contribution in [0.15, 0.2) is 0 Å². The highest BCUT2D eigenvalue weighted by Crippen LogP contribution is 2.21. The lowest BCUT2D eigenvalue weighted by molar-refractivity contribution is 0.289. The van der Waals surface area contributed by atoms with Gasteiger partial charge in [-0.2, -0.15) is 0 Å². The molecule has 0 spiro atoms. The van der Waals surface area contributed by atoms with Crippen molar-refractivity contribution in [1.82, 2.24) is 0 Å². The minimum Gasteiger partial charge on any atom is -0.437 e. The van der Waals surface area contributed by atoms with E-state index in [2.05, 4.69) is 45.8 Å². The molecule has 0 aromatic carbocycles. The summed E-state index contributed by atoms with van der Waals surface area (Å²) in [6.45, 7) is 21.0. The van der Waals surface area contributed by atoms with Crippen molar-refractivity contribution in [2.75, 3.05) is 7.11 Å². The Hall–Kier alpha value is 1.06. The minimum absolute atomic E-state index is 1.54. The first-order valence-corrected chi connectivity index (χ1v) is 23.4. The first-order chi connectivity index (χ1) is 10.2. The van der Waals surface area contributed by atoms with Crippen LogP contribution in [-0.2, 0) is 25.0 Å². The van der Waals surface area contributed by atoms with E-state index in [9.17, 15) is 0 Å². The van der Waals surface area contributed by atoms with Crippen LogP contribution in [0.2, 0.25) is 65.5 Å². The molecule has 12 heteroatoms. The summed E-state index contributed by atoms with van der Waals surface area (Å²) in [6, 6.07) is 0. The normalized spacial score (nSPS) is 17.9. The van der Waals surface area contributed by atoms with Crippen LogP contribution < -0.4 is 0 Å². The van der Waals surface area contributed by atoms with E-state index in [1.165, 1.54) is 0 Å². The summed E-state index contributed by atoms with van der Waals surface area (Å²) in [7, 11) is -9.39. The van der Waals surface area contributed by atoms with Crippen LogP contribution in [0.5, 0.6) is 0 Å². The number of hydrogen-bond acceptors (Lipinski definition) is 6. The molecule has 0 saturated heterocycles. The Morgan fingerprint density at radius 3 is 1.52 bits per heavy atom. The van der Waals surface area contributed by atoms with Crippen LogP contribution in [0, 0.1) is 0 Å². The molecule has 0 radical (unpaired) electrons. The summed E-state index contributed by atoms with van der Waals surface area (Å²) >= 11 is 0. The van der Waals surface area contributed by atoms with Crippen molar-refractivity contribution in [3.8, 4) is 0 Å². The zero-order valence-corrected chi connectivity index (χ0v) is 23.1. The van der Waals surface area contributed by atoms with E-state index in [0.717, 1.165) is 0 Å². The third-order valence-corrected chi connectivity index (χ3v) is 21.3. The zero-order valence-electron chi connectivity index (χ0n) is 16.7. The van der Waals surface area contributed by atoms with Crippen LogP contribution >= 0.6 is 0 Å². The molecular weight excluding hydrogens is 397 g/mol. The average molecular weight is 433 g/mol. The topological polar surface area (TPSA) is 55.4 Å². The van der Waals surface area contributed by atoms with Crippen LogP contribution in [0.25, 0.3) is 0 Å². The van der Waals surface area contributed by atoms with Crippen molar-refractivity contribution < 1.29 is 25.0 Å². The van der Waals surface area contributed by atoms with Gasteiger partial charge in [0.05, 0.1) is 0 Å². The Morgan fingerprint density at radius 1 is 0.609 bits per heavy atom.